The summed E-state index contributed by atoms with van der Waals surface area (Å²) in [6, 6.07) is 9.36. The van der Waals surface area contributed by atoms with Crippen molar-refractivity contribution >= 4 is 47.6 Å². The fourth-order valence-corrected chi connectivity index (χ4v) is 13.1. The molecule has 4 aliphatic carbocycles. The van der Waals surface area contributed by atoms with Crippen LogP contribution in [0, 0.1) is 35.7 Å². The van der Waals surface area contributed by atoms with Gasteiger partial charge in [0, 0.05) is 45.9 Å². The predicted molar refractivity (Wildman–Crippen MR) is 326 cm³/mol. The van der Waals surface area contributed by atoms with Gasteiger partial charge in [0.1, 0.15) is 66.3 Å². The normalized spacial score (nSPS) is 23.3. The lowest BCUT2D eigenvalue weighted by molar-refractivity contribution is -0.144. The lowest BCUT2D eigenvalue weighted by Crippen LogP contribution is -2.59. The van der Waals surface area contributed by atoms with Gasteiger partial charge in [-0.3, -0.25) is 38.6 Å². The van der Waals surface area contributed by atoms with Gasteiger partial charge in [-0.25, -0.2) is 9.59 Å². The minimum atomic E-state index is -0.922. The third-order valence-electron chi connectivity index (χ3n) is 18.1. The van der Waals surface area contributed by atoms with Gasteiger partial charge >= 0.3 is 12.2 Å². The number of carbonyl (C=O) groups is 8. The monoisotopic (exact) mass is 1200 g/mol. The van der Waals surface area contributed by atoms with Crippen molar-refractivity contribution < 1.29 is 57.3 Å². The molecule has 2 aromatic rings. The van der Waals surface area contributed by atoms with E-state index < -0.39 is 95.7 Å². The van der Waals surface area contributed by atoms with Gasteiger partial charge in [-0.2, -0.15) is 0 Å². The Morgan fingerprint density at radius 1 is 0.563 bits per heavy atom. The number of nitrogens with one attached hydrogen (secondary N) is 4. The minimum absolute atomic E-state index is 0.00431. The Morgan fingerprint density at radius 3 is 1.41 bits per heavy atom. The average molecular weight is 1200 g/mol. The molecule has 2 saturated carbocycles. The molecule has 87 heavy (non-hydrogen) atoms. The van der Waals surface area contributed by atoms with Crippen LogP contribution in [0.4, 0.5) is 9.59 Å². The van der Waals surface area contributed by atoms with E-state index in [4.69, 9.17) is 18.9 Å². The third-order valence-corrected chi connectivity index (χ3v) is 18.1. The van der Waals surface area contributed by atoms with E-state index in [0.717, 1.165) is 86.5 Å². The summed E-state index contributed by atoms with van der Waals surface area (Å²) in [6.45, 7) is 14.4. The smallest absolute Gasteiger partial charge is 0.410 e. The number of carbonyl (C=O) groups excluding carboxylic acids is 8. The van der Waals surface area contributed by atoms with Crippen molar-refractivity contribution in [3.8, 4) is 23.9 Å². The number of hydrogen-bond donors (Lipinski definition) is 4. The molecule has 2 heterocycles. The van der Waals surface area contributed by atoms with Crippen molar-refractivity contribution in [2.24, 2.45) is 11.8 Å². The van der Waals surface area contributed by atoms with E-state index in [9.17, 15) is 38.4 Å². The van der Waals surface area contributed by atoms with Gasteiger partial charge in [-0.15, -0.1) is 0 Å². The molecular weight excluding hydrogens is 1110 g/mol. The van der Waals surface area contributed by atoms with Crippen LogP contribution in [0.1, 0.15) is 180 Å². The average Bonchev–Trinajstić information content (AvgIpc) is 2.26. The van der Waals surface area contributed by atoms with E-state index in [2.05, 4.69) is 45.1 Å². The summed E-state index contributed by atoms with van der Waals surface area (Å²) < 4.78 is 23.5. The molecule has 2 saturated heterocycles. The Morgan fingerprint density at radius 2 is 0.977 bits per heavy atom. The highest BCUT2D eigenvalue weighted by molar-refractivity contribution is 5.96. The summed E-state index contributed by atoms with van der Waals surface area (Å²) in [6.07, 6.45) is 12.3. The highest BCUT2D eigenvalue weighted by Crippen LogP contribution is 2.37. The maximum absolute atomic E-state index is 14.7. The maximum Gasteiger partial charge on any atom is 0.410 e. The van der Waals surface area contributed by atoms with Crippen molar-refractivity contribution in [3.63, 3.8) is 0 Å². The van der Waals surface area contributed by atoms with E-state index in [1.54, 1.807) is 65.2 Å². The summed E-state index contributed by atoms with van der Waals surface area (Å²) in [5.41, 5.74) is 2.30. The number of hydrogen-bond acceptors (Lipinski definition) is 12. The van der Waals surface area contributed by atoms with Crippen LogP contribution in [-0.2, 0) is 60.6 Å². The SMILES string of the molecule is C[C@@H](C(=O)N[C@H](C(=O)N1CCC[C@H]1C(=O)N[C@H]1c2ccccc2C[C@H]1OC#CC#CCO[C@@H]1Cc2ccccc2[C@@H]1NC(=O)[C@@H]1CCCN1C(=O)[C@@H](NC(=O)[C@H](C)N(C)C(=O)OC(C)(C)C)C1CCCCC1)C1CCCCC1)N(C)C(=O)OC(C)(C)C. The van der Waals surface area contributed by atoms with Gasteiger partial charge in [0.15, 0.2) is 0 Å². The maximum atomic E-state index is 14.7. The zero-order chi connectivity index (χ0) is 62.7. The minimum Gasteiger partial charge on any atom is -0.444 e. The molecule has 4 N–H and O–H groups in total. The molecule has 20 heteroatoms. The lowest BCUT2D eigenvalue weighted by atomic mass is 9.83. The molecule has 0 unspecified atom stereocenters. The molecule has 10 atom stereocenters. The second-order valence-corrected chi connectivity index (χ2v) is 26.5. The van der Waals surface area contributed by atoms with Crippen LogP contribution >= 0.6 is 0 Å². The lowest BCUT2D eigenvalue weighted by Gasteiger charge is -2.36. The first kappa shape index (κ1) is 65.7. The largest absolute Gasteiger partial charge is 0.444 e. The molecule has 2 aromatic carbocycles. The summed E-state index contributed by atoms with van der Waals surface area (Å²) in [5, 5.41) is 12.5. The number of likely N-dealkylation sites (N-methyl/N-ethyl adjacent to an activating group) is 2. The summed E-state index contributed by atoms with van der Waals surface area (Å²) in [7, 11) is 3.00. The van der Waals surface area contributed by atoms with Crippen LogP contribution in [0.5, 0.6) is 0 Å². The predicted octanol–water partition coefficient (Wildman–Crippen LogP) is 7.17. The molecular formula is C67H92N8O12. The van der Waals surface area contributed by atoms with Crippen LogP contribution in [0.15, 0.2) is 48.5 Å². The fraction of sp³-hybridized carbons (Fsp3) is 0.642. The number of ether oxygens (including phenoxy) is 4. The first-order valence-electron chi connectivity index (χ1n) is 31.6. The second-order valence-electron chi connectivity index (χ2n) is 26.5. The molecule has 2 aliphatic heterocycles. The molecule has 0 spiro atoms. The first-order valence-corrected chi connectivity index (χ1v) is 31.6. The Labute approximate surface area is 514 Å². The highest BCUT2D eigenvalue weighted by Gasteiger charge is 2.46. The van der Waals surface area contributed by atoms with Gasteiger partial charge in [-0.1, -0.05) is 93.0 Å². The summed E-state index contributed by atoms with van der Waals surface area (Å²) in [4.78, 5) is 117. The number of fused-ring (bicyclic) bond motifs is 2. The molecule has 4 fully saturated rings. The van der Waals surface area contributed by atoms with E-state index in [1.807, 2.05) is 48.5 Å². The van der Waals surface area contributed by atoms with E-state index in [0.29, 0.717) is 51.6 Å². The Balaban J connectivity index is 0.882. The highest BCUT2D eigenvalue weighted by atomic mass is 16.6. The van der Waals surface area contributed by atoms with Gasteiger partial charge < -0.3 is 50.0 Å². The standard InChI is InChI=1S/C67H92N8O12/c1-42(72(9)64(82)86-66(3,4)5)58(76)68-54(44-26-14-11-15-27-44)62(80)74-36-24-34-50(74)60(78)70-56-48-32-20-18-30-46(48)40-52(56)84-38-22-13-23-39-85-53-41-47-31-19-21-33-49(47)57(53)71-61(79)51-35-25-37-75(51)63(81)55(45-28-16-12-17-29-45)69-59(77)43(2)73(10)65(83)87-67(6,7)8/h18-21,30-33,42-45,50-57H,11-12,14-17,24-29,34-38,40-41H2,1-10H3,(H,68,76)(H,69,77)(H,70,78)(H,71,79)/t42-,43-,50-,51-,52+,53+,54-,55-,56-,57-/m0/s1. The van der Waals surface area contributed by atoms with E-state index in [-0.39, 0.29) is 42.1 Å². The van der Waals surface area contributed by atoms with Crippen molar-refractivity contribution in [2.75, 3.05) is 33.8 Å². The molecule has 0 radical (unpaired) electrons. The number of rotatable bonds is 17. The molecule has 8 amide bonds. The van der Waals surface area contributed by atoms with Gasteiger partial charge in [0.05, 0.1) is 18.2 Å². The molecule has 0 aromatic heterocycles. The quantitative estimate of drug-likeness (QED) is 0.115. The zero-order valence-electron chi connectivity index (χ0n) is 52.7. The zero-order valence-corrected chi connectivity index (χ0v) is 52.7. The van der Waals surface area contributed by atoms with Gasteiger partial charge in [-0.05, 0) is 147 Å². The summed E-state index contributed by atoms with van der Waals surface area (Å²) in [5.74, 6) is 6.15. The molecule has 20 nitrogen and oxygen atoms in total. The van der Waals surface area contributed by atoms with Gasteiger partial charge in [0.2, 0.25) is 35.4 Å². The summed E-state index contributed by atoms with van der Waals surface area (Å²) >= 11 is 0. The fourth-order valence-electron chi connectivity index (χ4n) is 13.1. The Bertz CT molecular complexity index is 2960. The number of likely N-dealkylation sites (tertiary alicyclic amines) is 2. The number of amides is 8. The van der Waals surface area contributed by atoms with Crippen LogP contribution in [-0.4, -0.2) is 161 Å². The topological polar surface area (TPSA) is 235 Å². The number of benzene rings is 2. The Kier molecular flexibility index (Phi) is 22.0. The third kappa shape index (κ3) is 16.7. The molecule has 8 rings (SSSR count). The van der Waals surface area contributed by atoms with Crippen LogP contribution in [0.25, 0.3) is 0 Å². The van der Waals surface area contributed by atoms with Crippen molar-refractivity contribution in [1.29, 1.82) is 0 Å². The van der Waals surface area contributed by atoms with Crippen LogP contribution in [0.3, 0.4) is 0 Å². The van der Waals surface area contributed by atoms with Crippen molar-refractivity contribution in [3.05, 3.63) is 70.8 Å². The molecule has 472 valence electrons. The van der Waals surface area contributed by atoms with Gasteiger partial charge in [0.25, 0.3) is 0 Å². The van der Waals surface area contributed by atoms with Crippen LogP contribution < -0.4 is 21.3 Å². The first-order chi connectivity index (χ1) is 41.4. The van der Waals surface area contributed by atoms with Crippen molar-refractivity contribution in [2.45, 2.75) is 230 Å². The van der Waals surface area contributed by atoms with E-state index >= 15 is 0 Å². The molecule has 0 bridgehead atoms. The van der Waals surface area contributed by atoms with E-state index in [1.165, 1.54) is 23.9 Å². The van der Waals surface area contributed by atoms with Crippen LogP contribution in [0.2, 0.25) is 0 Å². The second kappa shape index (κ2) is 29.1. The Hall–Kier alpha value is -7.32. The van der Waals surface area contributed by atoms with Crippen molar-refractivity contribution in [1.82, 2.24) is 40.9 Å². The molecule has 6 aliphatic rings. The number of nitrogens with zero attached hydrogens (tertiary/aromatic N) is 4.